The van der Waals surface area contributed by atoms with Crippen molar-refractivity contribution < 1.29 is 13.5 Å². The lowest BCUT2D eigenvalue weighted by molar-refractivity contribution is 0.0800. The number of rotatable bonds is 3. The molecule has 0 saturated heterocycles. The molecule has 0 amide bonds. The minimum absolute atomic E-state index is 0.0234. The van der Waals surface area contributed by atoms with E-state index in [4.69, 9.17) is 17.3 Å². The molecular weight excluding hydrogens is 202 g/mol. The summed E-state index contributed by atoms with van der Waals surface area (Å²) in [6.07, 6.45) is -1.27. The van der Waals surface area contributed by atoms with Crippen molar-refractivity contribution in [1.82, 2.24) is 4.98 Å². The van der Waals surface area contributed by atoms with Crippen LogP contribution in [0.3, 0.4) is 0 Å². The van der Waals surface area contributed by atoms with Crippen LogP contribution in [-0.4, -0.2) is 18.0 Å². The van der Waals surface area contributed by atoms with E-state index in [1.807, 2.05) is 0 Å². The lowest BCUT2D eigenvalue weighted by Crippen LogP contribution is -2.09. The van der Waals surface area contributed by atoms with Crippen LogP contribution in [0.2, 0.25) is 5.02 Å². The monoisotopic (exact) mass is 208 g/mol. The molecule has 72 valence electrons. The number of pyridine rings is 1. The molecule has 1 heterocycles. The zero-order chi connectivity index (χ0) is 9.84. The maximum atomic E-state index is 11.7. The van der Waals surface area contributed by atoms with Crippen molar-refractivity contribution in [3.63, 3.8) is 0 Å². The van der Waals surface area contributed by atoms with Gasteiger partial charge >= 0.3 is 0 Å². The van der Waals surface area contributed by atoms with Crippen molar-refractivity contribution in [2.24, 2.45) is 0 Å². The summed E-state index contributed by atoms with van der Waals surface area (Å²) >= 11 is 5.53. The van der Waals surface area contributed by atoms with Crippen molar-refractivity contribution in [2.45, 2.75) is 6.43 Å². The van der Waals surface area contributed by atoms with Gasteiger partial charge in [-0.15, -0.1) is 0 Å². The Labute approximate surface area is 78.5 Å². The number of alkyl halides is 2. The Hall–Kier alpha value is -1.10. The Bertz CT molecular complexity index is 296. The van der Waals surface area contributed by atoms with E-state index in [9.17, 15) is 8.78 Å². The van der Waals surface area contributed by atoms with E-state index in [0.717, 1.165) is 0 Å². The molecule has 0 aliphatic rings. The summed E-state index contributed by atoms with van der Waals surface area (Å²) < 4.78 is 28.0. The number of nitrogens with two attached hydrogens (primary N) is 1. The summed E-state index contributed by atoms with van der Waals surface area (Å²) in [6.45, 7) is -0.723. The first kappa shape index (κ1) is 9.98. The lowest BCUT2D eigenvalue weighted by Gasteiger charge is -2.06. The van der Waals surface area contributed by atoms with E-state index in [1.54, 1.807) is 0 Å². The van der Waals surface area contributed by atoms with Gasteiger partial charge in [-0.05, 0) is 6.07 Å². The number of aromatic nitrogens is 1. The van der Waals surface area contributed by atoms with E-state index < -0.39 is 13.0 Å². The summed E-state index contributed by atoms with van der Waals surface area (Å²) in [4.78, 5) is 3.64. The van der Waals surface area contributed by atoms with Crippen molar-refractivity contribution in [2.75, 3.05) is 12.3 Å². The highest BCUT2D eigenvalue weighted by atomic mass is 35.5. The number of halogens is 3. The third-order valence-corrected chi connectivity index (χ3v) is 1.40. The lowest BCUT2D eigenvalue weighted by atomic mass is 10.4. The first-order valence-corrected chi connectivity index (χ1v) is 3.79. The van der Waals surface area contributed by atoms with Crippen molar-refractivity contribution in [1.29, 1.82) is 0 Å². The first-order chi connectivity index (χ1) is 6.09. The third kappa shape index (κ3) is 3.02. The molecule has 6 heteroatoms. The summed E-state index contributed by atoms with van der Waals surface area (Å²) in [5.41, 5.74) is 5.54. The molecule has 0 atom stereocenters. The van der Waals surface area contributed by atoms with Gasteiger partial charge in [-0.1, -0.05) is 11.6 Å². The average Bonchev–Trinajstić information content (AvgIpc) is 2.02. The molecule has 0 aromatic carbocycles. The standard InChI is InChI=1S/C7H7ClF2N2O/c8-4-1-5(11)7(12-2-4)13-3-6(9)10/h1-2,6H,3,11H2. The minimum atomic E-state index is -2.54. The predicted octanol–water partition coefficient (Wildman–Crippen LogP) is 1.96. The quantitative estimate of drug-likeness (QED) is 0.826. The van der Waals surface area contributed by atoms with Crippen LogP contribution < -0.4 is 10.5 Å². The van der Waals surface area contributed by atoms with Gasteiger partial charge < -0.3 is 10.5 Å². The molecule has 0 spiro atoms. The second-order valence-corrected chi connectivity index (χ2v) is 2.69. The molecule has 0 aliphatic carbocycles. The van der Waals surface area contributed by atoms with Gasteiger partial charge in [0.2, 0.25) is 5.88 Å². The van der Waals surface area contributed by atoms with E-state index >= 15 is 0 Å². The van der Waals surface area contributed by atoms with Gasteiger partial charge in [0.05, 0.1) is 10.7 Å². The first-order valence-electron chi connectivity index (χ1n) is 3.41. The smallest absolute Gasteiger partial charge is 0.272 e. The van der Waals surface area contributed by atoms with Gasteiger partial charge in [0.25, 0.3) is 6.43 Å². The number of ether oxygens (including phenoxy) is 1. The largest absolute Gasteiger partial charge is 0.470 e. The fraction of sp³-hybridized carbons (Fsp3) is 0.286. The Kier molecular flexibility index (Phi) is 3.25. The van der Waals surface area contributed by atoms with Crippen molar-refractivity contribution in [3.05, 3.63) is 17.3 Å². The molecule has 3 nitrogen and oxygen atoms in total. The maximum absolute atomic E-state index is 11.7. The highest BCUT2D eigenvalue weighted by Crippen LogP contribution is 2.21. The molecule has 2 N–H and O–H groups in total. The maximum Gasteiger partial charge on any atom is 0.272 e. The van der Waals surface area contributed by atoms with Crippen LogP contribution in [-0.2, 0) is 0 Å². The highest BCUT2D eigenvalue weighted by Gasteiger charge is 2.07. The molecule has 1 aromatic heterocycles. The molecule has 1 aromatic rings. The molecule has 13 heavy (non-hydrogen) atoms. The Morgan fingerprint density at radius 3 is 2.85 bits per heavy atom. The molecule has 1 rings (SSSR count). The number of hydrogen-bond donors (Lipinski definition) is 1. The van der Waals surface area contributed by atoms with Gasteiger partial charge in [0, 0.05) is 6.20 Å². The van der Waals surface area contributed by atoms with E-state index in [0.29, 0.717) is 5.02 Å². The molecule has 0 radical (unpaired) electrons. The van der Waals surface area contributed by atoms with Gasteiger partial charge in [-0.2, -0.15) is 0 Å². The number of anilines is 1. The van der Waals surface area contributed by atoms with Crippen LogP contribution in [0.5, 0.6) is 5.88 Å². The van der Waals surface area contributed by atoms with Crippen LogP contribution in [0.4, 0.5) is 14.5 Å². The van der Waals surface area contributed by atoms with Gasteiger partial charge in [-0.3, -0.25) is 0 Å². The summed E-state index contributed by atoms with van der Waals surface area (Å²) in [7, 11) is 0. The van der Waals surface area contributed by atoms with Crippen LogP contribution in [0, 0.1) is 0 Å². The molecule has 0 fully saturated rings. The zero-order valence-electron chi connectivity index (χ0n) is 6.51. The molecule has 0 saturated carbocycles. The van der Waals surface area contributed by atoms with Gasteiger partial charge in [-0.25, -0.2) is 13.8 Å². The molecule has 0 bridgehead atoms. The second kappa shape index (κ2) is 4.23. The molecule has 0 aliphatic heterocycles. The van der Waals surface area contributed by atoms with Gasteiger partial charge in [0.1, 0.15) is 0 Å². The number of hydrogen-bond acceptors (Lipinski definition) is 3. The van der Waals surface area contributed by atoms with Crippen molar-refractivity contribution >= 4 is 17.3 Å². The Morgan fingerprint density at radius 2 is 2.31 bits per heavy atom. The minimum Gasteiger partial charge on any atom is -0.470 e. The Morgan fingerprint density at radius 1 is 1.62 bits per heavy atom. The van der Waals surface area contributed by atoms with E-state index in [1.165, 1.54) is 12.3 Å². The van der Waals surface area contributed by atoms with Crippen LogP contribution in [0.25, 0.3) is 0 Å². The average molecular weight is 209 g/mol. The Balaban J connectivity index is 2.67. The van der Waals surface area contributed by atoms with Crippen molar-refractivity contribution in [3.8, 4) is 5.88 Å². The fourth-order valence-corrected chi connectivity index (χ4v) is 0.871. The van der Waals surface area contributed by atoms with Crippen LogP contribution >= 0.6 is 11.6 Å². The normalized spacial score (nSPS) is 10.5. The fourth-order valence-electron chi connectivity index (χ4n) is 0.705. The summed E-state index contributed by atoms with van der Waals surface area (Å²) in [5, 5.41) is 0.335. The summed E-state index contributed by atoms with van der Waals surface area (Å²) in [6, 6.07) is 1.38. The highest BCUT2D eigenvalue weighted by molar-refractivity contribution is 6.30. The topological polar surface area (TPSA) is 48.1 Å². The predicted molar refractivity (Wildman–Crippen MR) is 45.2 cm³/mol. The molecular formula is C7H7ClF2N2O. The molecule has 0 unspecified atom stereocenters. The zero-order valence-corrected chi connectivity index (χ0v) is 7.26. The second-order valence-electron chi connectivity index (χ2n) is 2.25. The number of nitrogen functional groups attached to an aromatic ring is 1. The number of nitrogens with zero attached hydrogens (tertiary/aromatic N) is 1. The SMILES string of the molecule is Nc1cc(Cl)cnc1OCC(F)F. The van der Waals surface area contributed by atoms with Crippen LogP contribution in [0.15, 0.2) is 12.3 Å². The van der Waals surface area contributed by atoms with E-state index in [2.05, 4.69) is 9.72 Å². The third-order valence-electron chi connectivity index (χ3n) is 1.19. The van der Waals surface area contributed by atoms with Crippen LogP contribution in [0.1, 0.15) is 0 Å². The summed E-state index contributed by atoms with van der Waals surface area (Å²) in [5.74, 6) is -0.0234. The van der Waals surface area contributed by atoms with E-state index in [-0.39, 0.29) is 11.6 Å². The van der Waals surface area contributed by atoms with Gasteiger partial charge in [0.15, 0.2) is 6.61 Å².